The van der Waals surface area contributed by atoms with Crippen LogP contribution in [0.1, 0.15) is 23.6 Å². The number of nitrogens with zero attached hydrogens (tertiary/aromatic N) is 2. The van der Waals surface area contributed by atoms with E-state index in [1.54, 1.807) is 20.3 Å². The number of benzene rings is 1. The number of aromatic nitrogens is 1. The van der Waals surface area contributed by atoms with Crippen LogP contribution in [0.5, 0.6) is 0 Å². The van der Waals surface area contributed by atoms with Gasteiger partial charge in [-0.25, -0.2) is 0 Å². The van der Waals surface area contributed by atoms with E-state index in [4.69, 9.17) is 0 Å². The minimum absolute atomic E-state index is 0. The largest absolute Gasteiger partial charge is 0.633 e. The monoisotopic (exact) mass is 370 g/mol. The average Bonchev–Trinajstić information content (AvgIpc) is 2.41. The van der Waals surface area contributed by atoms with Crippen molar-refractivity contribution in [1.29, 1.82) is 0 Å². The molecule has 0 radical (unpaired) electrons. The molecule has 3 nitrogen and oxygen atoms in total. The van der Waals surface area contributed by atoms with Gasteiger partial charge in [-0.2, -0.15) is 0 Å². The third kappa shape index (κ3) is 5.75. The molecule has 1 aromatic carbocycles. The van der Waals surface area contributed by atoms with Gasteiger partial charge in [-0.3, -0.25) is 4.98 Å². The highest BCUT2D eigenvalue weighted by Crippen LogP contribution is 2.28. The van der Waals surface area contributed by atoms with E-state index in [1.807, 2.05) is 30.3 Å². The first kappa shape index (κ1) is 18.1. The highest BCUT2D eigenvalue weighted by atomic mass is 79.9. The maximum atomic E-state index is 11.8. The molecule has 0 saturated heterocycles. The Kier molecular flexibility index (Phi) is 6.81. The van der Waals surface area contributed by atoms with Gasteiger partial charge in [0.15, 0.2) is 0 Å². The van der Waals surface area contributed by atoms with Crippen molar-refractivity contribution in [1.82, 2.24) is 4.98 Å². The van der Waals surface area contributed by atoms with Crippen LogP contribution in [0.15, 0.2) is 53.1 Å². The lowest BCUT2D eigenvalue weighted by Crippen LogP contribution is -2.34. The number of rotatable bonds is 5. The molecule has 5 heteroatoms. The van der Waals surface area contributed by atoms with Crippen molar-refractivity contribution in [2.45, 2.75) is 12.3 Å². The molecule has 0 spiro atoms. The van der Waals surface area contributed by atoms with Gasteiger partial charge < -0.3 is 9.85 Å². The van der Waals surface area contributed by atoms with Crippen molar-refractivity contribution in [3.63, 3.8) is 0 Å². The van der Waals surface area contributed by atoms with Crippen LogP contribution >= 0.6 is 28.3 Å². The van der Waals surface area contributed by atoms with Gasteiger partial charge in [-0.1, -0.05) is 34.1 Å². The topological polar surface area (TPSA) is 36.0 Å². The van der Waals surface area contributed by atoms with E-state index in [0.29, 0.717) is 6.54 Å². The number of hydrogen-bond donors (Lipinski definition) is 0. The van der Waals surface area contributed by atoms with Gasteiger partial charge in [0.25, 0.3) is 0 Å². The summed E-state index contributed by atoms with van der Waals surface area (Å²) < 4.78 is 0.779. The van der Waals surface area contributed by atoms with Crippen molar-refractivity contribution >= 4 is 28.3 Å². The molecule has 0 bridgehead atoms. The standard InChI is InChI=1S/C16H19BrN2O.ClH/c1-19(2,20)12-10-15(16-5-3-4-11-18-16)13-6-8-14(17)9-7-13;/h3-9,11,15H,10,12H2,1-2H3;1H. The number of hydrogen-bond acceptors (Lipinski definition) is 2. The minimum Gasteiger partial charge on any atom is -0.633 e. The first-order valence-electron chi connectivity index (χ1n) is 6.66. The Bertz CT molecular complexity index is 540. The second-order valence-corrected chi connectivity index (χ2v) is 6.36. The second kappa shape index (κ2) is 7.90. The van der Waals surface area contributed by atoms with Gasteiger partial charge in [0.05, 0.1) is 20.6 Å². The highest BCUT2D eigenvalue weighted by molar-refractivity contribution is 9.10. The van der Waals surface area contributed by atoms with Crippen LogP contribution < -0.4 is 0 Å². The Hall–Kier alpha value is -0.940. The Labute approximate surface area is 140 Å². The summed E-state index contributed by atoms with van der Waals surface area (Å²) in [5.74, 6) is 0.163. The van der Waals surface area contributed by atoms with Crippen molar-refractivity contribution in [3.8, 4) is 0 Å². The third-order valence-electron chi connectivity index (χ3n) is 3.27. The number of hydroxylamine groups is 3. The van der Waals surface area contributed by atoms with E-state index in [2.05, 4.69) is 33.0 Å². The Morgan fingerprint density at radius 1 is 1.14 bits per heavy atom. The predicted molar refractivity (Wildman–Crippen MR) is 92.4 cm³/mol. The minimum atomic E-state index is -0.278. The molecule has 114 valence electrons. The van der Waals surface area contributed by atoms with E-state index in [1.165, 1.54) is 5.56 Å². The summed E-state index contributed by atoms with van der Waals surface area (Å²) in [5.41, 5.74) is 2.21. The smallest absolute Gasteiger partial charge is 0.0789 e. The van der Waals surface area contributed by atoms with Gasteiger partial charge in [0, 0.05) is 28.7 Å². The van der Waals surface area contributed by atoms with E-state index in [9.17, 15) is 5.21 Å². The van der Waals surface area contributed by atoms with Crippen molar-refractivity contribution in [2.75, 3.05) is 20.6 Å². The molecule has 0 aliphatic heterocycles. The molecule has 21 heavy (non-hydrogen) atoms. The molecular formula is C16H20BrClN2O. The first-order valence-corrected chi connectivity index (χ1v) is 7.45. The molecule has 1 unspecified atom stereocenters. The van der Waals surface area contributed by atoms with Gasteiger partial charge in [0.1, 0.15) is 0 Å². The van der Waals surface area contributed by atoms with Crippen LogP contribution in [-0.2, 0) is 0 Å². The van der Waals surface area contributed by atoms with Crippen LogP contribution in [0.25, 0.3) is 0 Å². The summed E-state index contributed by atoms with van der Waals surface area (Å²) in [6.45, 7) is 0.567. The maximum absolute atomic E-state index is 11.8. The van der Waals surface area contributed by atoms with Crippen molar-refractivity contribution in [2.24, 2.45) is 0 Å². The third-order valence-corrected chi connectivity index (χ3v) is 3.80. The first-order chi connectivity index (χ1) is 9.46. The van der Waals surface area contributed by atoms with Crippen LogP contribution in [-0.4, -0.2) is 30.3 Å². The number of pyridine rings is 1. The van der Waals surface area contributed by atoms with Crippen LogP contribution in [0.4, 0.5) is 0 Å². The molecule has 0 fully saturated rings. The molecule has 1 heterocycles. The zero-order chi connectivity index (χ0) is 14.6. The predicted octanol–water partition coefficient (Wildman–Crippen LogP) is 4.36. The van der Waals surface area contributed by atoms with Gasteiger partial charge in [-0.05, 0) is 29.8 Å². The average molecular weight is 372 g/mol. The summed E-state index contributed by atoms with van der Waals surface area (Å²) in [7, 11) is 3.36. The van der Waals surface area contributed by atoms with Crippen LogP contribution in [0, 0.1) is 5.21 Å². The van der Waals surface area contributed by atoms with E-state index in [-0.39, 0.29) is 23.0 Å². The summed E-state index contributed by atoms with van der Waals surface area (Å²) >= 11 is 3.45. The molecule has 0 amide bonds. The maximum Gasteiger partial charge on any atom is 0.0789 e. The highest BCUT2D eigenvalue weighted by Gasteiger charge is 2.18. The summed E-state index contributed by atoms with van der Waals surface area (Å²) in [6, 6.07) is 14.2. The molecular weight excluding hydrogens is 352 g/mol. The zero-order valence-corrected chi connectivity index (χ0v) is 14.6. The van der Waals surface area contributed by atoms with E-state index < -0.39 is 0 Å². The molecule has 1 aromatic heterocycles. The summed E-state index contributed by atoms with van der Waals surface area (Å²) in [6.07, 6.45) is 2.59. The number of halogens is 2. The molecule has 2 rings (SSSR count). The lowest BCUT2D eigenvalue weighted by molar-refractivity contribution is -0.840. The zero-order valence-electron chi connectivity index (χ0n) is 12.2. The van der Waals surface area contributed by atoms with Crippen molar-refractivity contribution in [3.05, 3.63) is 69.6 Å². The fraction of sp³-hybridized carbons (Fsp3) is 0.312. The Morgan fingerprint density at radius 2 is 1.81 bits per heavy atom. The lowest BCUT2D eigenvalue weighted by Gasteiger charge is -2.35. The van der Waals surface area contributed by atoms with Gasteiger partial charge >= 0.3 is 0 Å². The SMILES string of the molecule is C[N+](C)([O-])CCC(c1ccc(Br)cc1)c1ccccn1.Cl. The van der Waals surface area contributed by atoms with Gasteiger partial charge in [-0.15, -0.1) is 12.4 Å². The van der Waals surface area contributed by atoms with E-state index >= 15 is 0 Å². The summed E-state index contributed by atoms with van der Waals surface area (Å²) in [5, 5.41) is 11.8. The molecule has 0 aliphatic rings. The molecule has 0 aliphatic carbocycles. The van der Waals surface area contributed by atoms with E-state index in [0.717, 1.165) is 16.6 Å². The van der Waals surface area contributed by atoms with Crippen LogP contribution in [0.2, 0.25) is 0 Å². The molecule has 2 aromatic rings. The molecule has 0 N–H and O–H groups in total. The van der Waals surface area contributed by atoms with Gasteiger partial charge in [0.2, 0.25) is 0 Å². The van der Waals surface area contributed by atoms with Crippen molar-refractivity contribution < 1.29 is 4.65 Å². The van der Waals surface area contributed by atoms with Crippen LogP contribution in [0.3, 0.4) is 0 Å². The summed E-state index contributed by atoms with van der Waals surface area (Å²) in [4.78, 5) is 4.46. The quantitative estimate of drug-likeness (QED) is 0.578. The normalized spacial score (nSPS) is 12.6. The Balaban J connectivity index is 0.00000220. The fourth-order valence-corrected chi connectivity index (χ4v) is 2.47. The Morgan fingerprint density at radius 3 is 2.33 bits per heavy atom. The lowest BCUT2D eigenvalue weighted by atomic mass is 9.92. The second-order valence-electron chi connectivity index (χ2n) is 5.44. The number of quaternary nitrogens is 1. The fourth-order valence-electron chi connectivity index (χ4n) is 2.20. The molecule has 0 saturated carbocycles. The molecule has 1 atom stereocenters.